The van der Waals surface area contributed by atoms with Crippen molar-refractivity contribution in [2.24, 2.45) is 5.41 Å². The highest BCUT2D eigenvalue weighted by Crippen LogP contribution is 2.49. The van der Waals surface area contributed by atoms with Crippen LogP contribution in [0.3, 0.4) is 0 Å². The van der Waals surface area contributed by atoms with E-state index in [-0.39, 0.29) is 35.8 Å². The Morgan fingerprint density at radius 3 is 2.34 bits per heavy atom. The normalized spacial score (nSPS) is 21.1. The molecule has 32 heavy (non-hydrogen) atoms. The number of hydrogen-bond acceptors (Lipinski definition) is 2. The van der Waals surface area contributed by atoms with Crippen molar-refractivity contribution in [1.82, 2.24) is 0 Å². The van der Waals surface area contributed by atoms with Gasteiger partial charge in [0, 0.05) is 23.0 Å². The third-order valence-electron chi connectivity index (χ3n) is 6.21. The van der Waals surface area contributed by atoms with Crippen molar-refractivity contribution in [1.29, 1.82) is 0 Å². The molecule has 0 bridgehead atoms. The Morgan fingerprint density at radius 2 is 1.72 bits per heavy atom. The summed E-state index contributed by atoms with van der Waals surface area (Å²) >= 11 is 0. The van der Waals surface area contributed by atoms with Gasteiger partial charge in [-0.3, -0.25) is 4.79 Å². The second kappa shape index (κ2) is 8.70. The number of carboxylic acid groups (broad SMARTS) is 1. The molecule has 0 spiro atoms. The van der Waals surface area contributed by atoms with Gasteiger partial charge in [0.2, 0.25) is 0 Å². The van der Waals surface area contributed by atoms with Crippen LogP contribution in [0.2, 0.25) is 0 Å². The number of carbonyl (C=O) groups is 2. The molecule has 1 amide bonds. The van der Waals surface area contributed by atoms with Crippen molar-refractivity contribution in [3.05, 3.63) is 70.8 Å². The molecular weight excluding hydrogens is 419 g/mol. The average Bonchev–Trinajstić information content (AvgIpc) is 2.70. The molecule has 2 aromatic rings. The van der Waals surface area contributed by atoms with Gasteiger partial charge in [0.15, 0.2) is 0 Å². The largest absolute Gasteiger partial charge is 0.481 e. The zero-order chi connectivity index (χ0) is 23.7. The number of hydrogen-bond donors (Lipinski definition) is 1. The molecule has 7 heteroatoms. The summed E-state index contributed by atoms with van der Waals surface area (Å²) in [6.07, 6.45) is -4.35. The van der Waals surface area contributed by atoms with Crippen molar-refractivity contribution >= 4 is 11.9 Å². The van der Waals surface area contributed by atoms with Crippen LogP contribution in [-0.2, 0) is 28.7 Å². The van der Waals surface area contributed by atoms with Crippen molar-refractivity contribution in [2.45, 2.75) is 58.8 Å². The summed E-state index contributed by atoms with van der Waals surface area (Å²) < 4.78 is 39.9. The predicted molar refractivity (Wildman–Crippen MR) is 114 cm³/mol. The number of quaternary nitrogens is 1. The number of nitrogens with zero attached hydrogens (tertiary/aromatic N) is 1. The molecule has 172 valence electrons. The maximum atomic E-state index is 13.7. The molecule has 0 aliphatic carbocycles. The second-order valence-corrected chi connectivity index (χ2v) is 9.62. The van der Waals surface area contributed by atoms with Crippen LogP contribution < -0.4 is 0 Å². The number of benzene rings is 2. The molecule has 0 saturated heterocycles. The summed E-state index contributed by atoms with van der Waals surface area (Å²) in [7, 11) is 0. The summed E-state index contributed by atoms with van der Waals surface area (Å²) in [4.78, 5) is 24.9. The SMILES string of the molecule is CC(C)(C)C1c2ccccc2CC[N+]1(Cc1cccc(C(F)(F)F)c1)C(=O)CCC(=O)O. The first-order chi connectivity index (χ1) is 14.8. The molecule has 2 atom stereocenters. The van der Waals surface area contributed by atoms with Crippen LogP contribution >= 0.6 is 0 Å². The molecule has 3 rings (SSSR count). The lowest BCUT2D eigenvalue weighted by atomic mass is 9.74. The fraction of sp³-hybridized carbons (Fsp3) is 0.440. The van der Waals surface area contributed by atoms with Crippen molar-refractivity contribution in [3.8, 4) is 0 Å². The number of carboxylic acids is 1. The van der Waals surface area contributed by atoms with Crippen LogP contribution in [-0.4, -0.2) is 28.0 Å². The molecule has 0 fully saturated rings. The minimum atomic E-state index is -4.48. The quantitative estimate of drug-likeness (QED) is 0.592. The van der Waals surface area contributed by atoms with Gasteiger partial charge in [-0.1, -0.05) is 57.2 Å². The minimum absolute atomic E-state index is 0.0820. The minimum Gasteiger partial charge on any atom is -0.481 e. The third-order valence-corrected chi connectivity index (χ3v) is 6.21. The number of halogens is 3. The van der Waals surface area contributed by atoms with E-state index in [2.05, 4.69) is 0 Å². The van der Waals surface area contributed by atoms with Gasteiger partial charge in [-0.05, 0) is 17.7 Å². The van der Waals surface area contributed by atoms with Crippen molar-refractivity contribution in [3.63, 3.8) is 0 Å². The number of carbonyl (C=O) groups excluding carboxylic acids is 1. The van der Waals surface area contributed by atoms with Gasteiger partial charge in [0.1, 0.15) is 12.6 Å². The van der Waals surface area contributed by atoms with E-state index in [9.17, 15) is 22.8 Å². The van der Waals surface area contributed by atoms with Crippen LogP contribution in [0.4, 0.5) is 13.2 Å². The van der Waals surface area contributed by atoms with E-state index in [1.54, 1.807) is 6.07 Å². The molecule has 0 saturated carbocycles. The molecule has 1 N–H and O–H groups in total. The highest BCUT2D eigenvalue weighted by Gasteiger charge is 2.52. The monoisotopic (exact) mass is 448 g/mol. The van der Waals surface area contributed by atoms with Gasteiger partial charge in [0.05, 0.1) is 24.9 Å². The van der Waals surface area contributed by atoms with Gasteiger partial charge >= 0.3 is 18.1 Å². The second-order valence-electron chi connectivity index (χ2n) is 9.62. The Bertz CT molecular complexity index is 1010. The van der Waals surface area contributed by atoms with E-state index in [1.165, 1.54) is 6.07 Å². The maximum Gasteiger partial charge on any atom is 0.416 e. The number of alkyl halides is 3. The number of rotatable bonds is 5. The van der Waals surface area contributed by atoms with Crippen LogP contribution in [0, 0.1) is 5.41 Å². The van der Waals surface area contributed by atoms with E-state index in [1.807, 2.05) is 45.0 Å². The molecule has 1 aliphatic rings. The van der Waals surface area contributed by atoms with E-state index in [0.717, 1.165) is 23.3 Å². The molecule has 0 radical (unpaired) electrons. The zero-order valence-corrected chi connectivity index (χ0v) is 18.6. The highest BCUT2D eigenvalue weighted by atomic mass is 19.4. The van der Waals surface area contributed by atoms with E-state index in [0.29, 0.717) is 18.5 Å². The fourth-order valence-corrected chi connectivity index (χ4v) is 5.09. The Hall–Kier alpha value is -2.67. The van der Waals surface area contributed by atoms with Gasteiger partial charge in [0.25, 0.3) is 0 Å². The van der Waals surface area contributed by atoms with Crippen LogP contribution in [0.15, 0.2) is 48.5 Å². The molecule has 1 heterocycles. The summed E-state index contributed by atoms with van der Waals surface area (Å²) in [5.41, 5.74) is 1.39. The predicted octanol–water partition coefficient (Wildman–Crippen LogP) is 5.76. The Kier molecular flexibility index (Phi) is 6.52. The molecule has 0 aromatic heterocycles. The molecule has 4 nitrogen and oxygen atoms in total. The summed E-state index contributed by atoms with van der Waals surface area (Å²) in [5, 5.41) is 9.16. The smallest absolute Gasteiger partial charge is 0.416 e. The van der Waals surface area contributed by atoms with Crippen molar-refractivity contribution in [2.75, 3.05) is 6.54 Å². The van der Waals surface area contributed by atoms with Gasteiger partial charge in [-0.15, -0.1) is 0 Å². The first kappa shape index (κ1) is 24.0. The molecular formula is C25H29F3NO3+. The van der Waals surface area contributed by atoms with E-state index in [4.69, 9.17) is 5.11 Å². The summed E-state index contributed by atoms with van der Waals surface area (Å²) in [6, 6.07) is 12.6. The maximum absolute atomic E-state index is 13.7. The van der Waals surface area contributed by atoms with Gasteiger partial charge in [-0.25, -0.2) is 9.28 Å². The standard InChI is InChI=1S/C25H28F3NO3/c1-24(2,3)23-20-10-5-4-8-18(20)13-14-29(23,21(30)11-12-22(31)32)16-17-7-6-9-19(15-17)25(26,27)28/h4-10,15,23H,11-14,16H2,1-3H3/p+1. The van der Waals surface area contributed by atoms with E-state index >= 15 is 0 Å². The molecule has 2 aromatic carbocycles. The first-order valence-corrected chi connectivity index (χ1v) is 10.7. The molecule has 1 aliphatic heterocycles. The topological polar surface area (TPSA) is 54.4 Å². The highest BCUT2D eigenvalue weighted by molar-refractivity contribution is 5.76. The summed E-state index contributed by atoms with van der Waals surface area (Å²) in [5.74, 6) is -1.32. The lowest BCUT2D eigenvalue weighted by molar-refractivity contribution is -0.908. The third kappa shape index (κ3) is 4.88. The lowest BCUT2D eigenvalue weighted by Gasteiger charge is -2.51. The number of fused-ring (bicyclic) bond motifs is 1. The van der Waals surface area contributed by atoms with Crippen LogP contribution in [0.25, 0.3) is 0 Å². The van der Waals surface area contributed by atoms with Crippen LogP contribution in [0.1, 0.15) is 61.9 Å². The van der Waals surface area contributed by atoms with Gasteiger partial charge < -0.3 is 5.11 Å². The first-order valence-electron chi connectivity index (χ1n) is 10.7. The number of amides is 1. The van der Waals surface area contributed by atoms with E-state index < -0.39 is 23.1 Å². The lowest BCUT2D eigenvalue weighted by Crippen LogP contribution is -2.60. The zero-order valence-electron chi connectivity index (χ0n) is 18.6. The average molecular weight is 449 g/mol. The Balaban J connectivity index is 2.15. The van der Waals surface area contributed by atoms with Crippen LogP contribution in [0.5, 0.6) is 0 Å². The van der Waals surface area contributed by atoms with Crippen molar-refractivity contribution < 1.29 is 32.3 Å². The molecule has 2 unspecified atom stereocenters. The van der Waals surface area contributed by atoms with Gasteiger partial charge in [-0.2, -0.15) is 13.2 Å². The Labute approximate surface area is 186 Å². The fourth-order valence-electron chi connectivity index (χ4n) is 5.09. The number of aliphatic carboxylic acids is 1. The summed E-state index contributed by atoms with van der Waals surface area (Å²) in [6.45, 7) is 6.54. The Morgan fingerprint density at radius 1 is 1.03 bits per heavy atom.